The summed E-state index contributed by atoms with van der Waals surface area (Å²) >= 11 is 0. The summed E-state index contributed by atoms with van der Waals surface area (Å²) in [5.41, 5.74) is 4.17. The van der Waals surface area contributed by atoms with Crippen molar-refractivity contribution in [1.82, 2.24) is 20.2 Å². The Bertz CT molecular complexity index is 988. The van der Waals surface area contributed by atoms with Crippen LogP contribution in [0.4, 0.5) is 5.69 Å². The van der Waals surface area contributed by atoms with Crippen LogP contribution in [0.3, 0.4) is 0 Å². The molecule has 1 aromatic heterocycles. The van der Waals surface area contributed by atoms with Gasteiger partial charge in [-0.15, -0.1) is 5.10 Å². The highest BCUT2D eigenvalue weighted by atomic mass is 16.5. The summed E-state index contributed by atoms with van der Waals surface area (Å²) in [6.07, 6.45) is 4.24. The molecule has 1 aliphatic carbocycles. The molecule has 152 valence electrons. The second kappa shape index (κ2) is 7.85. The van der Waals surface area contributed by atoms with Crippen LogP contribution in [-0.4, -0.2) is 27.3 Å². The number of anilines is 1. The van der Waals surface area contributed by atoms with E-state index in [9.17, 15) is 0 Å². The molecule has 0 atom stereocenters. The summed E-state index contributed by atoms with van der Waals surface area (Å²) < 4.78 is 7.34. The molecule has 1 fully saturated rings. The molecular formula is C23H29N5O. The fourth-order valence-electron chi connectivity index (χ4n) is 4.25. The molecule has 0 amide bonds. The first-order valence-electron chi connectivity index (χ1n) is 10.3. The number of hydrogen-bond donors (Lipinski definition) is 1. The average molecular weight is 392 g/mol. The van der Waals surface area contributed by atoms with Gasteiger partial charge in [-0.05, 0) is 85.2 Å². The number of methoxy groups -OCH3 is 1. The summed E-state index contributed by atoms with van der Waals surface area (Å²) in [5.74, 6) is 2.42. The minimum absolute atomic E-state index is 0.321. The number of benzene rings is 2. The van der Waals surface area contributed by atoms with Gasteiger partial charge in [0, 0.05) is 11.8 Å². The third kappa shape index (κ3) is 3.71. The van der Waals surface area contributed by atoms with E-state index in [0.717, 1.165) is 48.6 Å². The van der Waals surface area contributed by atoms with Crippen molar-refractivity contribution < 1.29 is 4.74 Å². The molecule has 1 heterocycles. The molecule has 0 unspecified atom stereocenters. The third-order valence-electron chi connectivity index (χ3n) is 6.28. The van der Waals surface area contributed by atoms with Crippen molar-refractivity contribution in [3.8, 4) is 11.4 Å². The molecule has 1 N–H and O–H groups in total. The maximum atomic E-state index is 5.42. The van der Waals surface area contributed by atoms with Gasteiger partial charge in [0.1, 0.15) is 5.75 Å². The molecule has 4 rings (SSSR count). The fraction of sp³-hybridized carbons (Fsp3) is 0.435. The van der Waals surface area contributed by atoms with Crippen LogP contribution < -0.4 is 10.1 Å². The second-order valence-corrected chi connectivity index (χ2v) is 8.25. The summed E-state index contributed by atoms with van der Waals surface area (Å²) in [6.45, 7) is 6.57. The van der Waals surface area contributed by atoms with Crippen LogP contribution in [0.5, 0.6) is 5.75 Å². The Morgan fingerprint density at radius 2 is 1.86 bits per heavy atom. The minimum Gasteiger partial charge on any atom is -0.497 e. The van der Waals surface area contributed by atoms with E-state index in [1.807, 2.05) is 22.9 Å². The zero-order chi connectivity index (χ0) is 20.4. The molecule has 2 aromatic carbocycles. The predicted octanol–water partition coefficient (Wildman–Crippen LogP) is 4.81. The number of aryl methyl sites for hydroxylation is 1. The van der Waals surface area contributed by atoms with Gasteiger partial charge in [-0.3, -0.25) is 0 Å². The third-order valence-corrected chi connectivity index (χ3v) is 6.28. The van der Waals surface area contributed by atoms with Gasteiger partial charge < -0.3 is 10.1 Å². The Morgan fingerprint density at radius 3 is 2.62 bits per heavy atom. The normalized spacial score (nSPS) is 21.7. The molecule has 1 aliphatic rings. The quantitative estimate of drug-likeness (QED) is 0.676. The summed E-state index contributed by atoms with van der Waals surface area (Å²) in [4.78, 5) is 0. The SMILES string of the molecule is COc1cccc(NC2(c3nnnn3-c3cccc(C)c3C)CCC(C)CC2)c1. The van der Waals surface area contributed by atoms with E-state index < -0.39 is 0 Å². The van der Waals surface area contributed by atoms with Crippen molar-refractivity contribution in [1.29, 1.82) is 0 Å². The first-order chi connectivity index (χ1) is 14.0. The van der Waals surface area contributed by atoms with E-state index in [1.165, 1.54) is 11.1 Å². The van der Waals surface area contributed by atoms with Crippen LogP contribution >= 0.6 is 0 Å². The number of rotatable bonds is 5. The van der Waals surface area contributed by atoms with Crippen LogP contribution in [0.15, 0.2) is 42.5 Å². The van der Waals surface area contributed by atoms with Crippen LogP contribution in [0.25, 0.3) is 5.69 Å². The van der Waals surface area contributed by atoms with Crippen LogP contribution in [0, 0.1) is 19.8 Å². The van der Waals surface area contributed by atoms with Crippen molar-refractivity contribution in [3.63, 3.8) is 0 Å². The predicted molar refractivity (Wildman–Crippen MR) is 115 cm³/mol. The van der Waals surface area contributed by atoms with Gasteiger partial charge in [0.25, 0.3) is 0 Å². The monoisotopic (exact) mass is 391 g/mol. The molecule has 0 radical (unpaired) electrons. The molecule has 0 aliphatic heterocycles. The largest absolute Gasteiger partial charge is 0.497 e. The molecule has 0 spiro atoms. The summed E-state index contributed by atoms with van der Waals surface area (Å²) in [5, 5.41) is 16.8. The highest BCUT2D eigenvalue weighted by molar-refractivity contribution is 5.52. The lowest BCUT2D eigenvalue weighted by molar-refractivity contribution is 0.255. The van der Waals surface area contributed by atoms with E-state index in [-0.39, 0.29) is 5.54 Å². The molecule has 3 aromatic rings. The van der Waals surface area contributed by atoms with Crippen molar-refractivity contribution in [2.75, 3.05) is 12.4 Å². The molecule has 6 heteroatoms. The van der Waals surface area contributed by atoms with Gasteiger partial charge in [0.15, 0.2) is 5.82 Å². The maximum absolute atomic E-state index is 5.42. The Labute approximate surface area is 172 Å². The van der Waals surface area contributed by atoms with E-state index in [0.29, 0.717) is 5.92 Å². The van der Waals surface area contributed by atoms with Gasteiger partial charge in [0.2, 0.25) is 0 Å². The van der Waals surface area contributed by atoms with Crippen LogP contribution in [0.1, 0.15) is 49.6 Å². The van der Waals surface area contributed by atoms with Crippen molar-refractivity contribution in [2.24, 2.45) is 5.92 Å². The highest BCUT2D eigenvalue weighted by Crippen LogP contribution is 2.42. The molecule has 1 saturated carbocycles. The van der Waals surface area contributed by atoms with Crippen LogP contribution in [0.2, 0.25) is 0 Å². The van der Waals surface area contributed by atoms with E-state index >= 15 is 0 Å². The molecule has 0 bridgehead atoms. The van der Waals surface area contributed by atoms with Crippen molar-refractivity contribution in [2.45, 2.75) is 52.0 Å². The lowest BCUT2D eigenvalue weighted by atomic mass is 9.76. The standard InChI is InChI=1S/C23H29N5O/c1-16-11-13-23(14-12-16,24-19-8-6-9-20(15-19)29-4)22-25-26-27-28(22)21-10-5-7-17(2)18(21)3/h5-10,15-16,24H,11-14H2,1-4H3. The number of nitrogens with one attached hydrogen (secondary N) is 1. The number of hydrogen-bond acceptors (Lipinski definition) is 5. The zero-order valence-electron chi connectivity index (χ0n) is 17.6. The smallest absolute Gasteiger partial charge is 0.181 e. The van der Waals surface area contributed by atoms with Gasteiger partial charge in [-0.1, -0.05) is 25.1 Å². The maximum Gasteiger partial charge on any atom is 0.181 e. The van der Waals surface area contributed by atoms with Gasteiger partial charge in [0.05, 0.1) is 18.3 Å². The Morgan fingerprint density at radius 1 is 1.10 bits per heavy atom. The fourth-order valence-corrected chi connectivity index (χ4v) is 4.25. The Kier molecular flexibility index (Phi) is 5.26. The van der Waals surface area contributed by atoms with Gasteiger partial charge >= 0.3 is 0 Å². The van der Waals surface area contributed by atoms with Crippen molar-refractivity contribution >= 4 is 5.69 Å². The summed E-state index contributed by atoms with van der Waals surface area (Å²) in [6, 6.07) is 14.4. The molecular weight excluding hydrogens is 362 g/mol. The van der Waals surface area contributed by atoms with E-state index in [4.69, 9.17) is 4.74 Å². The average Bonchev–Trinajstić information content (AvgIpc) is 3.22. The highest BCUT2D eigenvalue weighted by Gasteiger charge is 2.41. The topological polar surface area (TPSA) is 64.9 Å². The van der Waals surface area contributed by atoms with E-state index in [1.54, 1.807) is 7.11 Å². The summed E-state index contributed by atoms with van der Waals surface area (Å²) in [7, 11) is 1.69. The number of ether oxygens (including phenoxy) is 1. The van der Waals surface area contributed by atoms with E-state index in [2.05, 4.69) is 65.9 Å². The first-order valence-corrected chi connectivity index (χ1v) is 10.3. The zero-order valence-corrected chi connectivity index (χ0v) is 17.6. The minimum atomic E-state index is -0.321. The molecule has 29 heavy (non-hydrogen) atoms. The van der Waals surface area contributed by atoms with Gasteiger partial charge in [-0.25, -0.2) is 0 Å². The lowest BCUT2D eigenvalue weighted by Gasteiger charge is -2.39. The van der Waals surface area contributed by atoms with Gasteiger partial charge in [-0.2, -0.15) is 4.68 Å². The lowest BCUT2D eigenvalue weighted by Crippen LogP contribution is -2.41. The van der Waals surface area contributed by atoms with Crippen molar-refractivity contribution in [3.05, 3.63) is 59.4 Å². The van der Waals surface area contributed by atoms with Crippen LogP contribution in [-0.2, 0) is 5.54 Å². The second-order valence-electron chi connectivity index (χ2n) is 8.25. The number of nitrogens with zero attached hydrogens (tertiary/aromatic N) is 4. The first kappa shape index (κ1) is 19.4. The Balaban J connectivity index is 1.79. The number of aromatic nitrogens is 4. The number of tetrazole rings is 1. The molecule has 6 nitrogen and oxygen atoms in total. The Hall–Kier alpha value is -2.89. The molecule has 0 saturated heterocycles.